The quantitative estimate of drug-likeness (QED) is 0.127. The Morgan fingerprint density at radius 2 is 1.33 bits per heavy atom. The molecule has 1 heterocycles. The number of rotatable bonds is 12. The first-order valence-electron chi connectivity index (χ1n) is 17.6. The van der Waals surface area contributed by atoms with Crippen LogP contribution >= 0.6 is 0 Å². The Morgan fingerprint density at radius 1 is 0.885 bits per heavy atom. The second kappa shape index (κ2) is 21.6. The number of amides is 1. The third kappa shape index (κ3) is 24.2. The Kier molecular flexibility index (Phi) is 20.3. The van der Waals surface area contributed by atoms with E-state index in [9.17, 15) is 27.1 Å². The van der Waals surface area contributed by atoms with Crippen LogP contribution in [0.25, 0.3) is 0 Å². The number of alkyl halides is 2. The van der Waals surface area contributed by atoms with Crippen LogP contribution in [0.15, 0.2) is 61.2 Å². The highest BCUT2D eigenvalue weighted by Gasteiger charge is 2.29. The lowest BCUT2D eigenvalue weighted by molar-refractivity contribution is -0.117. The predicted molar refractivity (Wildman–Crippen MR) is 208 cm³/mol. The van der Waals surface area contributed by atoms with Crippen LogP contribution in [0.2, 0.25) is 0 Å². The largest absolute Gasteiger partial charge is 0.493 e. The van der Waals surface area contributed by atoms with Crippen LogP contribution in [0.1, 0.15) is 107 Å². The normalized spacial score (nSPS) is 13.9. The summed E-state index contributed by atoms with van der Waals surface area (Å²) in [6.45, 7) is 30.0. The summed E-state index contributed by atoms with van der Waals surface area (Å²) in [5.41, 5.74) is 1.68. The highest BCUT2D eigenvalue weighted by atomic mass is 32.2. The molecule has 3 rings (SSSR count). The van der Waals surface area contributed by atoms with Gasteiger partial charge in [0.05, 0.1) is 24.6 Å². The fraction of sp³-hybridized carbons (Fsp3) is 0.625. The van der Waals surface area contributed by atoms with Gasteiger partial charge >= 0.3 is 0 Å². The molecule has 1 atom stereocenters. The van der Waals surface area contributed by atoms with E-state index in [0.29, 0.717) is 17.7 Å². The van der Waals surface area contributed by atoms with Crippen LogP contribution in [0.3, 0.4) is 0 Å². The van der Waals surface area contributed by atoms with E-state index in [1.165, 1.54) is 19.2 Å². The molecule has 0 bridgehead atoms. The molecule has 1 fully saturated rings. The summed E-state index contributed by atoms with van der Waals surface area (Å²) >= 11 is 0. The van der Waals surface area contributed by atoms with Crippen LogP contribution in [0, 0.1) is 0 Å². The van der Waals surface area contributed by atoms with Gasteiger partial charge in [0, 0.05) is 36.0 Å². The predicted octanol–water partition coefficient (Wildman–Crippen LogP) is 8.14. The van der Waals surface area contributed by atoms with Gasteiger partial charge in [-0.2, -0.15) is 8.42 Å². The summed E-state index contributed by atoms with van der Waals surface area (Å²) in [6.07, 6.45) is -0.101. The molecule has 1 saturated heterocycles. The number of aliphatic hydroxyl groups excluding tert-OH is 1. The van der Waals surface area contributed by atoms with Crippen LogP contribution in [-0.4, -0.2) is 86.1 Å². The van der Waals surface area contributed by atoms with Crippen molar-refractivity contribution in [3.8, 4) is 11.5 Å². The first kappa shape index (κ1) is 48.9. The molecule has 1 unspecified atom stereocenters. The van der Waals surface area contributed by atoms with Crippen molar-refractivity contribution in [3.05, 3.63) is 72.3 Å². The van der Waals surface area contributed by atoms with E-state index in [1.807, 2.05) is 76.2 Å². The molecule has 1 amide bonds. The van der Waals surface area contributed by atoms with Gasteiger partial charge in [0.1, 0.15) is 18.1 Å². The van der Waals surface area contributed by atoms with Crippen molar-refractivity contribution in [3.63, 3.8) is 0 Å². The number of hydrogen-bond acceptors (Lipinski definition) is 8. The standard InChI is InChI=1S/C22H28F2O3.C7H13NO.C6H13N.C5H12O3S/c1-4-18(25)15-27-20-11-7-17(8-12-20)22(2,3)16-5-9-19(10-6-16)26-14-13-21(23)24;1-5-6(9)8-7(2,3)4;1-6(2,3)7-4-5-7;1-5(2,3)8-9(4,6)7/h5-12,18,21,25H,4,13-15H2,1-3H3;5H,1H2,2-4H3,(H,8,9);4-5H2,1-3H3;1-4H3. The lowest BCUT2D eigenvalue weighted by Crippen LogP contribution is -2.39. The van der Waals surface area contributed by atoms with Gasteiger partial charge in [-0.1, -0.05) is 51.6 Å². The van der Waals surface area contributed by atoms with Gasteiger partial charge in [0.2, 0.25) is 12.3 Å². The molecule has 0 saturated carbocycles. The number of nitrogens with one attached hydrogen (secondary N) is 1. The minimum absolute atomic E-state index is 0.00853. The van der Waals surface area contributed by atoms with Crippen molar-refractivity contribution in [2.75, 3.05) is 32.6 Å². The summed E-state index contributed by atoms with van der Waals surface area (Å²) in [4.78, 5) is 13.0. The number of hydrogen-bond donors (Lipinski definition) is 2. The van der Waals surface area contributed by atoms with E-state index in [4.69, 9.17) is 9.47 Å². The molecule has 298 valence electrons. The molecular weight excluding hydrogens is 691 g/mol. The third-order valence-electron chi connectivity index (χ3n) is 7.15. The van der Waals surface area contributed by atoms with E-state index >= 15 is 0 Å². The lowest BCUT2D eigenvalue weighted by atomic mass is 9.78. The van der Waals surface area contributed by atoms with E-state index in [1.54, 1.807) is 20.8 Å². The number of ether oxygens (including phenoxy) is 2. The lowest BCUT2D eigenvalue weighted by Gasteiger charge is -2.26. The Balaban J connectivity index is 0.000000840. The number of carbonyl (C=O) groups excluding carboxylic acids is 1. The first-order chi connectivity index (χ1) is 23.6. The van der Waals surface area contributed by atoms with Crippen LogP contribution in [0.5, 0.6) is 11.5 Å². The second-order valence-electron chi connectivity index (χ2n) is 16.1. The van der Waals surface area contributed by atoms with Gasteiger partial charge in [-0.25, -0.2) is 8.78 Å². The summed E-state index contributed by atoms with van der Waals surface area (Å²) in [6, 6.07) is 15.4. The molecule has 0 aliphatic carbocycles. The number of aliphatic hydroxyl groups is 1. The maximum Gasteiger partial charge on any atom is 0.264 e. The molecule has 2 aromatic rings. The van der Waals surface area contributed by atoms with E-state index in [-0.39, 0.29) is 36.5 Å². The molecule has 52 heavy (non-hydrogen) atoms. The maximum atomic E-state index is 12.2. The number of nitrogens with zero attached hydrogens (tertiary/aromatic N) is 1. The molecule has 0 spiro atoms. The Hall–Kier alpha value is -3.06. The van der Waals surface area contributed by atoms with Gasteiger partial charge < -0.3 is 19.9 Å². The highest BCUT2D eigenvalue weighted by molar-refractivity contribution is 7.86. The molecule has 0 aromatic heterocycles. The summed E-state index contributed by atoms with van der Waals surface area (Å²) in [5.74, 6) is 1.20. The minimum atomic E-state index is -3.28. The SMILES string of the molecule is C=CC(=O)NC(C)(C)C.CC(C)(C)N1CC1.CC(C)(C)OS(C)(=O)=O.CCC(O)COc1ccc(C(C)(C)c2ccc(OCCC(F)F)cc2)cc1. The van der Waals surface area contributed by atoms with Crippen molar-refractivity contribution < 1.29 is 40.8 Å². The maximum absolute atomic E-state index is 12.2. The summed E-state index contributed by atoms with van der Waals surface area (Å²) in [7, 11) is -3.28. The molecule has 2 N–H and O–H groups in total. The van der Waals surface area contributed by atoms with Crippen LogP contribution in [-0.2, 0) is 24.5 Å². The van der Waals surface area contributed by atoms with Gasteiger partial charge in [-0.3, -0.25) is 13.9 Å². The molecule has 0 radical (unpaired) electrons. The van der Waals surface area contributed by atoms with Crippen molar-refractivity contribution in [2.24, 2.45) is 0 Å². The van der Waals surface area contributed by atoms with Gasteiger partial charge in [0.15, 0.2) is 0 Å². The smallest absolute Gasteiger partial charge is 0.264 e. The Morgan fingerprint density at radius 3 is 1.58 bits per heavy atom. The van der Waals surface area contributed by atoms with Crippen molar-refractivity contribution in [1.82, 2.24) is 10.2 Å². The zero-order valence-corrected chi connectivity index (χ0v) is 34.6. The Bertz CT molecular complexity index is 1420. The van der Waals surface area contributed by atoms with Crippen molar-refractivity contribution in [1.29, 1.82) is 0 Å². The number of halogens is 2. The average molecular weight is 757 g/mol. The van der Waals surface area contributed by atoms with Crippen molar-refractivity contribution >= 4 is 16.0 Å². The molecule has 9 nitrogen and oxygen atoms in total. The van der Waals surface area contributed by atoms with Crippen LogP contribution < -0.4 is 14.8 Å². The van der Waals surface area contributed by atoms with Crippen molar-refractivity contribution in [2.45, 2.75) is 131 Å². The summed E-state index contributed by atoms with van der Waals surface area (Å²) in [5, 5.41) is 12.3. The van der Waals surface area contributed by atoms with Crippen LogP contribution in [0.4, 0.5) is 8.78 Å². The van der Waals surface area contributed by atoms with Gasteiger partial charge in [-0.15, -0.1) is 0 Å². The third-order valence-corrected chi connectivity index (χ3v) is 7.95. The number of benzene rings is 2. The molecule has 1 aliphatic heterocycles. The molecular formula is C40H66F2N2O7S. The fourth-order valence-electron chi connectivity index (χ4n) is 4.27. The number of carbonyl (C=O) groups is 1. The van der Waals surface area contributed by atoms with E-state index in [0.717, 1.165) is 23.1 Å². The molecule has 1 aliphatic rings. The fourth-order valence-corrected chi connectivity index (χ4v) is 5.18. The summed E-state index contributed by atoms with van der Waals surface area (Å²) < 4.78 is 60.7. The zero-order valence-electron chi connectivity index (χ0n) is 33.8. The van der Waals surface area contributed by atoms with E-state index < -0.39 is 28.2 Å². The Labute approximate surface area is 313 Å². The highest BCUT2D eigenvalue weighted by Crippen LogP contribution is 2.33. The second-order valence-corrected chi connectivity index (χ2v) is 17.7. The van der Waals surface area contributed by atoms with Gasteiger partial charge in [-0.05, 0) is 110 Å². The monoisotopic (exact) mass is 756 g/mol. The topological polar surface area (TPSA) is 114 Å². The van der Waals surface area contributed by atoms with Gasteiger partial charge in [0.25, 0.3) is 10.1 Å². The van der Waals surface area contributed by atoms with E-state index in [2.05, 4.69) is 55.6 Å². The zero-order chi connectivity index (χ0) is 40.6. The molecule has 2 aromatic carbocycles. The minimum Gasteiger partial charge on any atom is -0.493 e. The first-order valence-corrected chi connectivity index (χ1v) is 19.4. The molecule has 12 heteroatoms. The average Bonchev–Trinajstić information content (AvgIpc) is 3.85.